The van der Waals surface area contributed by atoms with Gasteiger partial charge in [-0.2, -0.15) is 0 Å². The molecule has 84 valence electrons. The molecule has 0 aliphatic carbocycles. The third-order valence-electron chi connectivity index (χ3n) is 2.14. The van der Waals surface area contributed by atoms with Crippen LogP contribution in [0.25, 0.3) is 0 Å². The molecule has 0 fully saturated rings. The zero-order valence-corrected chi connectivity index (χ0v) is 10.7. The zero-order valence-electron chi connectivity index (χ0n) is 9.06. The number of nitrogens with one attached hydrogen (secondary N) is 1. The zero-order chi connectivity index (χ0) is 11.6. The maximum Gasteiger partial charge on any atom is 0.262 e. The van der Waals surface area contributed by atoms with Crippen molar-refractivity contribution in [3.8, 4) is 0 Å². The van der Waals surface area contributed by atoms with Gasteiger partial charge in [0.25, 0.3) is 5.91 Å². The summed E-state index contributed by atoms with van der Waals surface area (Å²) in [6.45, 7) is 3.91. The predicted octanol–water partition coefficient (Wildman–Crippen LogP) is 2.87. The highest BCUT2D eigenvalue weighted by Crippen LogP contribution is 2.23. The van der Waals surface area contributed by atoms with Crippen molar-refractivity contribution >= 4 is 28.6 Å². The maximum atomic E-state index is 11.9. The van der Waals surface area contributed by atoms with E-state index < -0.39 is 5.54 Å². The van der Waals surface area contributed by atoms with Gasteiger partial charge in [-0.25, -0.2) is 4.98 Å². The molecule has 16 heavy (non-hydrogen) atoms. The molecule has 0 radical (unpaired) electrons. The third kappa shape index (κ3) is 2.31. The van der Waals surface area contributed by atoms with Crippen molar-refractivity contribution in [3.63, 3.8) is 0 Å². The fourth-order valence-electron chi connectivity index (χ4n) is 1.34. The van der Waals surface area contributed by atoms with Crippen LogP contribution in [0.1, 0.15) is 28.5 Å². The van der Waals surface area contributed by atoms with Crippen LogP contribution in [0.4, 0.5) is 0 Å². The van der Waals surface area contributed by atoms with Gasteiger partial charge in [0.1, 0.15) is 5.01 Å². The largest absolute Gasteiger partial charge is 0.340 e. The highest BCUT2D eigenvalue weighted by Gasteiger charge is 2.26. The van der Waals surface area contributed by atoms with Crippen LogP contribution in [0, 0.1) is 0 Å². The second-order valence-corrected chi connectivity index (χ2v) is 5.74. The number of thiazole rings is 1. The van der Waals surface area contributed by atoms with Crippen molar-refractivity contribution in [3.05, 3.63) is 39.0 Å². The molecule has 0 spiro atoms. The molecule has 0 saturated carbocycles. The van der Waals surface area contributed by atoms with E-state index in [1.54, 1.807) is 17.5 Å². The molecule has 2 aromatic heterocycles. The second kappa shape index (κ2) is 4.35. The van der Waals surface area contributed by atoms with Crippen molar-refractivity contribution in [2.24, 2.45) is 0 Å². The molecule has 1 amide bonds. The normalized spacial score (nSPS) is 11.4. The minimum absolute atomic E-state index is 0.0461. The lowest BCUT2D eigenvalue weighted by atomic mass is 10.1. The van der Waals surface area contributed by atoms with E-state index in [2.05, 4.69) is 10.3 Å². The van der Waals surface area contributed by atoms with Crippen LogP contribution in [0.2, 0.25) is 0 Å². The maximum absolute atomic E-state index is 11.9. The van der Waals surface area contributed by atoms with Gasteiger partial charge in [-0.3, -0.25) is 4.79 Å². The van der Waals surface area contributed by atoms with Crippen LogP contribution in [-0.2, 0) is 5.54 Å². The van der Waals surface area contributed by atoms with E-state index in [1.807, 2.05) is 36.7 Å². The lowest BCUT2D eigenvalue weighted by molar-refractivity contribution is 0.0916. The molecule has 0 aliphatic heterocycles. The van der Waals surface area contributed by atoms with E-state index in [0.717, 1.165) is 9.88 Å². The summed E-state index contributed by atoms with van der Waals surface area (Å²) in [6.07, 6.45) is 1.75. The van der Waals surface area contributed by atoms with Gasteiger partial charge in [0.2, 0.25) is 0 Å². The molecule has 2 rings (SSSR count). The molecule has 0 bridgehead atoms. The van der Waals surface area contributed by atoms with Gasteiger partial charge in [-0.15, -0.1) is 22.7 Å². The summed E-state index contributed by atoms with van der Waals surface area (Å²) in [6, 6.07) is 3.69. The molecule has 2 aromatic rings. The summed E-state index contributed by atoms with van der Waals surface area (Å²) in [5.41, 5.74) is -0.421. The number of aromatic nitrogens is 1. The molecular formula is C11H12N2OS2. The minimum Gasteiger partial charge on any atom is -0.340 e. The summed E-state index contributed by atoms with van der Waals surface area (Å²) in [4.78, 5) is 16.8. The first kappa shape index (κ1) is 11.3. The number of thiophene rings is 1. The number of rotatable bonds is 3. The molecule has 5 heteroatoms. The van der Waals surface area contributed by atoms with Gasteiger partial charge in [0.15, 0.2) is 0 Å². The third-order valence-corrected chi connectivity index (χ3v) is 4.10. The van der Waals surface area contributed by atoms with Crippen LogP contribution >= 0.6 is 22.7 Å². The van der Waals surface area contributed by atoms with E-state index in [9.17, 15) is 4.79 Å². The van der Waals surface area contributed by atoms with Crippen molar-refractivity contribution in [2.75, 3.05) is 0 Å². The van der Waals surface area contributed by atoms with Crippen LogP contribution in [-0.4, -0.2) is 10.9 Å². The Hall–Kier alpha value is -1.20. The van der Waals surface area contributed by atoms with Gasteiger partial charge >= 0.3 is 0 Å². The van der Waals surface area contributed by atoms with E-state index in [1.165, 1.54) is 11.3 Å². The standard InChI is InChI=1S/C11H12N2OS2/c1-11(2,10-12-5-7-16-10)13-9(14)8-4-3-6-15-8/h3-7H,1-2H3,(H,13,14). The van der Waals surface area contributed by atoms with Crippen LogP contribution in [0.5, 0.6) is 0 Å². The Labute approximate surface area is 102 Å². The molecule has 0 aliphatic rings. The fraction of sp³-hybridized carbons (Fsp3) is 0.273. The monoisotopic (exact) mass is 252 g/mol. The van der Waals surface area contributed by atoms with Crippen molar-refractivity contribution in [1.29, 1.82) is 0 Å². The van der Waals surface area contributed by atoms with Gasteiger partial charge < -0.3 is 5.32 Å². The fourth-order valence-corrected chi connectivity index (χ4v) is 2.68. The number of carbonyl (C=O) groups is 1. The topological polar surface area (TPSA) is 42.0 Å². The second-order valence-electron chi connectivity index (χ2n) is 3.89. The SMILES string of the molecule is CC(C)(NC(=O)c1cccs1)c1nccs1. The summed E-state index contributed by atoms with van der Waals surface area (Å²) in [7, 11) is 0. The molecule has 2 heterocycles. The molecule has 3 nitrogen and oxygen atoms in total. The van der Waals surface area contributed by atoms with E-state index in [-0.39, 0.29) is 5.91 Å². The Kier molecular flexibility index (Phi) is 3.07. The van der Waals surface area contributed by atoms with E-state index in [4.69, 9.17) is 0 Å². The Balaban J connectivity index is 2.13. The Morgan fingerprint density at radius 3 is 2.75 bits per heavy atom. The molecule has 0 aromatic carbocycles. The smallest absolute Gasteiger partial charge is 0.262 e. The Bertz CT molecular complexity index is 460. The Morgan fingerprint density at radius 1 is 1.38 bits per heavy atom. The quantitative estimate of drug-likeness (QED) is 0.912. The minimum atomic E-state index is -0.421. The van der Waals surface area contributed by atoms with Gasteiger partial charge in [0, 0.05) is 11.6 Å². The average Bonchev–Trinajstić information content (AvgIpc) is 2.91. The number of nitrogens with zero attached hydrogens (tertiary/aromatic N) is 1. The first-order valence-electron chi connectivity index (χ1n) is 4.85. The van der Waals surface area contributed by atoms with E-state index >= 15 is 0 Å². The molecule has 1 N–H and O–H groups in total. The number of hydrogen-bond acceptors (Lipinski definition) is 4. The summed E-state index contributed by atoms with van der Waals surface area (Å²) >= 11 is 2.99. The van der Waals surface area contributed by atoms with Crippen LogP contribution in [0.15, 0.2) is 29.1 Å². The molecule has 0 unspecified atom stereocenters. The molecule has 0 saturated heterocycles. The lowest BCUT2D eigenvalue weighted by Crippen LogP contribution is -2.40. The molecule has 0 atom stereocenters. The lowest BCUT2D eigenvalue weighted by Gasteiger charge is -2.23. The number of amides is 1. The first-order chi connectivity index (χ1) is 7.59. The van der Waals surface area contributed by atoms with Crippen molar-refractivity contribution in [1.82, 2.24) is 10.3 Å². The van der Waals surface area contributed by atoms with Crippen LogP contribution in [0.3, 0.4) is 0 Å². The van der Waals surface area contributed by atoms with Crippen molar-refractivity contribution in [2.45, 2.75) is 19.4 Å². The number of carbonyl (C=O) groups excluding carboxylic acids is 1. The Morgan fingerprint density at radius 2 is 2.19 bits per heavy atom. The van der Waals surface area contributed by atoms with Gasteiger partial charge in [-0.1, -0.05) is 6.07 Å². The van der Waals surface area contributed by atoms with Gasteiger partial charge in [-0.05, 0) is 25.3 Å². The van der Waals surface area contributed by atoms with E-state index in [0.29, 0.717) is 0 Å². The first-order valence-corrected chi connectivity index (χ1v) is 6.61. The van der Waals surface area contributed by atoms with Crippen molar-refractivity contribution < 1.29 is 4.79 Å². The summed E-state index contributed by atoms with van der Waals surface area (Å²) in [5, 5.41) is 7.70. The highest BCUT2D eigenvalue weighted by molar-refractivity contribution is 7.12. The average molecular weight is 252 g/mol. The number of hydrogen-bond donors (Lipinski definition) is 1. The van der Waals surface area contributed by atoms with Crippen LogP contribution < -0.4 is 5.32 Å². The summed E-state index contributed by atoms with van der Waals surface area (Å²) in [5.74, 6) is -0.0461. The molecular weight excluding hydrogens is 240 g/mol. The highest BCUT2D eigenvalue weighted by atomic mass is 32.1. The van der Waals surface area contributed by atoms with Gasteiger partial charge in [0.05, 0.1) is 10.4 Å². The predicted molar refractivity (Wildman–Crippen MR) is 66.9 cm³/mol. The summed E-state index contributed by atoms with van der Waals surface area (Å²) < 4.78 is 0.